The van der Waals surface area contributed by atoms with E-state index in [1.165, 1.54) is 18.3 Å². The Labute approximate surface area is 130 Å². The fourth-order valence-corrected chi connectivity index (χ4v) is 2.06. The molecule has 0 saturated heterocycles. The number of oxime groups is 1. The molecule has 0 aliphatic carbocycles. The van der Waals surface area contributed by atoms with E-state index < -0.39 is 5.97 Å². The Hall–Kier alpha value is -2.11. The highest BCUT2D eigenvalue weighted by atomic mass is 35.5. The summed E-state index contributed by atoms with van der Waals surface area (Å²) in [5, 5.41) is 22.1. The normalized spacial score (nSPS) is 11.4. The van der Waals surface area contributed by atoms with Crippen molar-refractivity contribution in [3.8, 4) is 0 Å². The van der Waals surface area contributed by atoms with Gasteiger partial charge in [0.05, 0.1) is 21.3 Å². The summed E-state index contributed by atoms with van der Waals surface area (Å²) in [4.78, 5) is 15.0. The van der Waals surface area contributed by atoms with Crippen molar-refractivity contribution in [1.82, 2.24) is 4.98 Å². The van der Waals surface area contributed by atoms with E-state index in [-0.39, 0.29) is 23.4 Å². The SMILES string of the molecule is O=C(O)c1ccnc(/C(Cc2ccc(Cl)c(Cl)c2)=N/O)c1. The third-order valence-corrected chi connectivity index (χ3v) is 3.52. The smallest absolute Gasteiger partial charge is 0.335 e. The largest absolute Gasteiger partial charge is 0.478 e. The van der Waals surface area contributed by atoms with Crippen molar-refractivity contribution in [2.75, 3.05) is 0 Å². The predicted molar refractivity (Wildman–Crippen MR) is 79.7 cm³/mol. The van der Waals surface area contributed by atoms with Gasteiger partial charge in [-0.05, 0) is 29.8 Å². The molecule has 0 aliphatic rings. The average Bonchev–Trinajstić information content (AvgIpc) is 2.48. The van der Waals surface area contributed by atoms with Crippen molar-refractivity contribution >= 4 is 34.9 Å². The summed E-state index contributed by atoms with van der Waals surface area (Å²) in [5.74, 6) is -1.08. The van der Waals surface area contributed by atoms with Crippen molar-refractivity contribution in [1.29, 1.82) is 0 Å². The van der Waals surface area contributed by atoms with Gasteiger partial charge in [-0.25, -0.2) is 4.79 Å². The van der Waals surface area contributed by atoms with Crippen LogP contribution in [0.1, 0.15) is 21.6 Å². The van der Waals surface area contributed by atoms with Crippen LogP contribution in [0.5, 0.6) is 0 Å². The van der Waals surface area contributed by atoms with Gasteiger partial charge in [-0.1, -0.05) is 34.4 Å². The highest BCUT2D eigenvalue weighted by Crippen LogP contribution is 2.23. The number of pyridine rings is 1. The minimum absolute atomic E-state index is 0.0651. The molecule has 0 fully saturated rings. The maximum Gasteiger partial charge on any atom is 0.335 e. The molecule has 0 radical (unpaired) electrons. The van der Waals surface area contributed by atoms with Crippen LogP contribution in [0, 0.1) is 0 Å². The summed E-state index contributed by atoms with van der Waals surface area (Å²) < 4.78 is 0. The molecule has 5 nitrogen and oxygen atoms in total. The van der Waals surface area contributed by atoms with Crippen molar-refractivity contribution < 1.29 is 15.1 Å². The first kappa shape index (κ1) is 15.3. The van der Waals surface area contributed by atoms with Crippen LogP contribution in [-0.2, 0) is 6.42 Å². The van der Waals surface area contributed by atoms with Crippen molar-refractivity contribution in [3.05, 3.63) is 63.4 Å². The predicted octanol–water partition coefficient (Wildman–Crippen LogP) is 3.51. The maximum absolute atomic E-state index is 10.9. The molecule has 1 heterocycles. The molecule has 0 bridgehead atoms. The molecular formula is C14H10Cl2N2O3. The maximum atomic E-state index is 10.9. The van der Waals surface area contributed by atoms with Gasteiger partial charge < -0.3 is 10.3 Å². The number of carboxylic acid groups (broad SMARTS) is 1. The summed E-state index contributed by atoms with van der Waals surface area (Å²) >= 11 is 11.8. The zero-order chi connectivity index (χ0) is 15.4. The van der Waals surface area contributed by atoms with Gasteiger partial charge in [0.1, 0.15) is 5.71 Å². The van der Waals surface area contributed by atoms with E-state index in [1.807, 2.05) is 0 Å². The molecular weight excluding hydrogens is 315 g/mol. The van der Waals surface area contributed by atoms with Crippen LogP contribution in [-0.4, -0.2) is 27.0 Å². The molecule has 0 atom stereocenters. The molecule has 0 unspecified atom stereocenters. The lowest BCUT2D eigenvalue weighted by atomic mass is 10.0. The van der Waals surface area contributed by atoms with Crippen LogP contribution in [0.15, 0.2) is 41.7 Å². The number of nitrogens with zero attached hydrogens (tertiary/aromatic N) is 2. The Morgan fingerprint density at radius 1 is 1.19 bits per heavy atom. The molecule has 108 valence electrons. The second-order valence-corrected chi connectivity index (χ2v) is 5.02. The third kappa shape index (κ3) is 3.71. The Bertz CT molecular complexity index is 717. The molecule has 1 aromatic carbocycles. The monoisotopic (exact) mass is 324 g/mol. The van der Waals surface area contributed by atoms with E-state index in [2.05, 4.69) is 10.1 Å². The number of rotatable bonds is 4. The number of aromatic carboxylic acids is 1. The highest BCUT2D eigenvalue weighted by molar-refractivity contribution is 6.42. The summed E-state index contributed by atoms with van der Waals surface area (Å²) in [6.45, 7) is 0. The van der Waals surface area contributed by atoms with Crippen LogP contribution in [0.25, 0.3) is 0 Å². The first-order valence-electron chi connectivity index (χ1n) is 5.86. The second kappa shape index (κ2) is 6.56. The van der Waals surface area contributed by atoms with Crippen molar-refractivity contribution in [2.45, 2.75) is 6.42 Å². The van der Waals surface area contributed by atoms with Gasteiger partial charge in [-0.2, -0.15) is 0 Å². The van der Waals surface area contributed by atoms with E-state index in [0.29, 0.717) is 10.0 Å². The van der Waals surface area contributed by atoms with Crippen molar-refractivity contribution in [2.24, 2.45) is 5.16 Å². The topological polar surface area (TPSA) is 82.8 Å². The molecule has 0 saturated carbocycles. The number of hydrogen-bond acceptors (Lipinski definition) is 4. The fourth-order valence-electron chi connectivity index (χ4n) is 1.74. The standard InChI is InChI=1S/C14H10Cl2N2O3/c15-10-2-1-8(5-11(10)16)6-13(18-21)12-7-9(14(19)20)3-4-17-12/h1-5,7,21H,6H2,(H,19,20)/b18-13+. The lowest BCUT2D eigenvalue weighted by molar-refractivity contribution is 0.0696. The van der Waals surface area contributed by atoms with Gasteiger partial charge >= 0.3 is 5.97 Å². The molecule has 21 heavy (non-hydrogen) atoms. The zero-order valence-corrected chi connectivity index (χ0v) is 12.1. The summed E-state index contributed by atoms with van der Waals surface area (Å²) in [6.07, 6.45) is 1.59. The van der Waals surface area contributed by atoms with Gasteiger partial charge in [0.2, 0.25) is 0 Å². The van der Waals surface area contributed by atoms with Gasteiger partial charge in [-0.15, -0.1) is 0 Å². The lowest BCUT2D eigenvalue weighted by Crippen LogP contribution is -2.09. The lowest BCUT2D eigenvalue weighted by Gasteiger charge is -2.06. The summed E-state index contributed by atoms with van der Waals surface area (Å²) in [7, 11) is 0. The molecule has 2 rings (SSSR count). The fraction of sp³-hybridized carbons (Fsp3) is 0.0714. The Kier molecular flexibility index (Phi) is 4.77. The van der Waals surface area contributed by atoms with Crippen molar-refractivity contribution in [3.63, 3.8) is 0 Å². The first-order chi connectivity index (χ1) is 10.0. The summed E-state index contributed by atoms with van der Waals surface area (Å²) in [6, 6.07) is 7.72. The molecule has 2 N–H and O–H groups in total. The van der Waals surface area contributed by atoms with E-state index in [1.54, 1.807) is 18.2 Å². The number of benzene rings is 1. The quantitative estimate of drug-likeness (QED) is 0.512. The van der Waals surface area contributed by atoms with Crippen LogP contribution >= 0.6 is 23.2 Å². The van der Waals surface area contributed by atoms with Crippen LogP contribution in [0.4, 0.5) is 0 Å². The van der Waals surface area contributed by atoms with E-state index in [4.69, 9.17) is 33.5 Å². The average molecular weight is 325 g/mol. The Balaban J connectivity index is 2.30. The Morgan fingerprint density at radius 3 is 2.57 bits per heavy atom. The first-order valence-corrected chi connectivity index (χ1v) is 6.61. The van der Waals surface area contributed by atoms with Gasteiger partial charge in [-0.3, -0.25) is 4.98 Å². The molecule has 0 aliphatic heterocycles. The molecule has 0 spiro atoms. The van der Waals surface area contributed by atoms with E-state index in [0.717, 1.165) is 5.56 Å². The number of halogens is 2. The highest BCUT2D eigenvalue weighted by Gasteiger charge is 2.12. The van der Waals surface area contributed by atoms with E-state index >= 15 is 0 Å². The minimum atomic E-state index is -1.08. The number of carbonyl (C=O) groups is 1. The third-order valence-electron chi connectivity index (χ3n) is 2.78. The molecule has 2 aromatic rings. The van der Waals surface area contributed by atoms with Crippen LogP contribution < -0.4 is 0 Å². The second-order valence-electron chi connectivity index (χ2n) is 4.21. The number of hydrogen-bond donors (Lipinski definition) is 2. The van der Waals surface area contributed by atoms with Crippen LogP contribution in [0.2, 0.25) is 10.0 Å². The molecule has 7 heteroatoms. The Morgan fingerprint density at radius 2 is 1.95 bits per heavy atom. The number of carboxylic acids is 1. The molecule has 0 amide bonds. The van der Waals surface area contributed by atoms with Gasteiger partial charge in [0.15, 0.2) is 0 Å². The minimum Gasteiger partial charge on any atom is -0.478 e. The van der Waals surface area contributed by atoms with Crippen LogP contribution in [0.3, 0.4) is 0 Å². The van der Waals surface area contributed by atoms with Gasteiger partial charge in [0.25, 0.3) is 0 Å². The van der Waals surface area contributed by atoms with Gasteiger partial charge in [0, 0.05) is 12.6 Å². The number of aromatic nitrogens is 1. The van der Waals surface area contributed by atoms with E-state index in [9.17, 15) is 4.79 Å². The molecule has 1 aromatic heterocycles. The zero-order valence-electron chi connectivity index (χ0n) is 10.6. The summed E-state index contributed by atoms with van der Waals surface area (Å²) in [5.41, 5.74) is 1.34.